The molecule has 27 heavy (non-hydrogen) atoms. The lowest BCUT2D eigenvalue weighted by atomic mass is 10.2. The first kappa shape index (κ1) is 17.9. The highest BCUT2D eigenvalue weighted by atomic mass is 16.5. The van der Waals surface area contributed by atoms with Crippen LogP contribution in [0.25, 0.3) is 0 Å². The van der Waals surface area contributed by atoms with Crippen LogP contribution < -0.4 is 15.4 Å². The Morgan fingerprint density at radius 2 is 1.41 bits per heavy atom. The normalized spacial score (nSPS) is 10.1. The van der Waals surface area contributed by atoms with Crippen molar-refractivity contribution in [1.29, 1.82) is 0 Å². The topological polar surface area (TPSA) is 97.6 Å². The molecule has 1 aromatic heterocycles. The molecule has 0 aliphatic heterocycles. The van der Waals surface area contributed by atoms with Crippen molar-refractivity contribution in [3.63, 3.8) is 0 Å². The Balaban J connectivity index is 1.59. The van der Waals surface area contributed by atoms with Gasteiger partial charge in [0.2, 0.25) is 0 Å². The number of carbonyl (C=O) groups excluding carboxylic acids is 3. The van der Waals surface area contributed by atoms with E-state index in [-0.39, 0.29) is 17.6 Å². The zero-order chi connectivity index (χ0) is 19.2. The molecule has 136 valence electrons. The van der Waals surface area contributed by atoms with Gasteiger partial charge in [-0.15, -0.1) is 0 Å². The van der Waals surface area contributed by atoms with Gasteiger partial charge < -0.3 is 19.8 Å². The smallest absolute Gasteiger partial charge is 0.308 e. The summed E-state index contributed by atoms with van der Waals surface area (Å²) in [6.07, 6.45) is 1.42. The lowest BCUT2D eigenvalue weighted by molar-refractivity contribution is -0.131. The zero-order valence-corrected chi connectivity index (χ0v) is 14.4. The van der Waals surface area contributed by atoms with E-state index in [4.69, 9.17) is 9.15 Å². The van der Waals surface area contributed by atoms with Gasteiger partial charge in [-0.05, 0) is 60.7 Å². The Bertz CT molecular complexity index is 945. The van der Waals surface area contributed by atoms with Crippen molar-refractivity contribution >= 4 is 29.2 Å². The summed E-state index contributed by atoms with van der Waals surface area (Å²) >= 11 is 0. The van der Waals surface area contributed by atoms with E-state index in [1.165, 1.54) is 13.2 Å². The maximum Gasteiger partial charge on any atom is 0.308 e. The standard InChI is InChI=1S/C20H16N2O5/c1-13(23)27-17-10-4-14(5-11-17)19(24)21-15-6-8-16(9-7-15)22-20(25)18-3-2-12-26-18/h2-12H,1H3,(H,21,24)(H,22,25). The summed E-state index contributed by atoms with van der Waals surface area (Å²) in [4.78, 5) is 35.1. The lowest BCUT2D eigenvalue weighted by Gasteiger charge is -2.08. The Morgan fingerprint density at radius 3 is 1.93 bits per heavy atom. The molecule has 7 nitrogen and oxygen atoms in total. The van der Waals surface area contributed by atoms with E-state index in [9.17, 15) is 14.4 Å². The molecule has 3 rings (SSSR count). The Labute approximate surface area is 154 Å². The predicted octanol–water partition coefficient (Wildman–Crippen LogP) is 3.71. The largest absolute Gasteiger partial charge is 0.459 e. The number of amides is 2. The summed E-state index contributed by atoms with van der Waals surface area (Å²) in [6, 6.07) is 16.1. The fourth-order valence-corrected chi connectivity index (χ4v) is 2.28. The van der Waals surface area contributed by atoms with Crippen molar-refractivity contribution in [2.24, 2.45) is 0 Å². The molecule has 0 saturated carbocycles. The number of rotatable bonds is 5. The van der Waals surface area contributed by atoms with E-state index in [0.717, 1.165) is 0 Å². The first-order valence-electron chi connectivity index (χ1n) is 8.06. The van der Waals surface area contributed by atoms with E-state index in [1.807, 2.05) is 0 Å². The number of hydrogen-bond donors (Lipinski definition) is 2. The summed E-state index contributed by atoms with van der Waals surface area (Å²) < 4.78 is 9.95. The number of esters is 1. The minimum atomic E-state index is -0.425. The zero-order valence-electron chi connectivity index (χ0n) is 14.4. The molecule has 0 bridgehead atoms. The number of furan rings is 1. The average Bonchev–Trinajstić information content (AvgIpc) is 3.18. The highest BCUT2D eigenvalue weighted by molar-refractivity contribution is 6.05. The van der Waals surface area contributed by atoms with E-state index < -0.39 is 5.97 Å². The van der Waals surface area contributed by atoms with Crippen molar-refractivity contribution in [3.8, 4) is 5.75 Å². The van der Waals surface area contributed by atoms with Crippen LogP contribution in [-0.2, 0) is 4.79 Å². The minimum absolute atomic E-state index is 0.213. The van der Waals surface area contributed by atoms with E-state index in [2.05, 4.69) is 10.6 Å². The number of ether oxygens (including phenoxy) is 1. The molecule has 0 saturated heterocycles. The van der Waals surface area contributed by atoms with Crippen LogP contribution >= 0.6 is 0 Å². The molecular weight excluding hydrogens is 348 g/mol. The second-order valence-corrected chi connectivity index (χ2v) is 5.58. The Kier molecular flexibility index (Phi) is 5.32. The molecule has 0 spiro atoms. The van der Waals surface area contributed by atoms with Crippen molar-refractivity contribution in [2.45, 2.75) is 6.92 Å². The van der Waals surface area contributed by atoms with Crippen LogP contribution in [0.5, 0.6) is 5.75 Å². The van der Waals surface area contributed by atoms with Crippen LogP contribution in [0.1, 0.15) is 27.8 Å². The van der Waals surface area contributed by atoms with Crippen LogP contribution in [-0.4, -0.2) is 17.8 Å². The second kappa shape index (κ2) is 8.01. The van der Waals surface area contributed by atoms with Gasteiger partial charge in [0, 0.05) is 23.9 Å². The highest BCUT2D eigenvalue weighted by Gasteiger charge is 2.10. The maximum atomic E-state index is 12.3. The third kappa shape index (κ3) is 4.82. The van der Waals surface area contributed by atoms with Crippen LogP contribution in [0.15, 0.2) is 71.3 Å². The molecular formula is C20H16N2O5. The molecule has 0 aliphatic carbocycles. The van der Waals surface area contributed by atoms with Crippen molar-refractivity contribution in [1.82, 2.24) is 0 Å². The number of carbonyl (C=O) groups is 3. The number of nitrogens with one attached hydrogen (secondary N) is 2. The summed E-state index contributed by atoms with van der Waals surface area (Å²) in [7, 11) is 0. The second-order valence-electron chi connectivity index (χ2n) is 5.58. The van der Waals surface area contributed by atoms with Crippen LogP contribution in [0.4, 0.5) is 11.4 Å². The van der Waals surface area contributed by atoms with Gasteiger partial charge in [0.1, 0.15) is 5.75 Å². The van der Waals surface area contributed by atoms with E-state index in [0.29, 0.717) is 22.7 Å². The molecule has 0 fully saturated rings. The molecule has 0 unspecified atom stereocenters. The summed E-state index contributed by atoms with van der Waals surface area (Å²) in [6.45, 7) is 1.31. The lowest BCUT2D eigenvalue weighted by Crippen LogP contribution is -2.13. The van der Waals surface area contributed by atoms with Gasteiger partial charge in [0.25, 0.3) is 11.8 Å². The molecule has 0 atom stereocenters. The van der Waals surface area contributed by atoms with Crippen LogP contribution in [0.2, 0.25) is 0 Å². The van der Waals surface area contributed by atoms with E-state index >= 15 is 0 Å². The fraction of sp³-hybridized carbons (Fsp3) is 0.0500. The van der Waals surface area contributed by atoms with Gasteiger partial charge in [-0.25, -0.2) is 0 Å². The molecule has 0 aliphatic rings. The van der Waals surface area contributed by atoms with Gasteiger partial charge in [-0.1, -0.05) is 0 Å². The third-order valence-corrected chi connectivity index (χ3v) is 3.52. The minimum Gasteiger partial charge on any atom is -0.459 e. The highest BCUT2D eigenvalue weighted by Crippen LogP contribution is 2.17. The Morgan fingerprint density at radius 1 is 0.815 bits per heavy atom. The van der Waals surface area contributed by atoms with Crippen molar-refractivity contribution < 1.29 is 23.5 Å². The molecule has 2 amide bonds. The number of anilines is 2. The van der Waals surface area contributed by atoms with Gasteiger partial charge in [0.05, 0.1) is 6.26 Å². The first-order valence-corrected chi connectivity index (χ1v) is 8.06. The van der Waals surface area contributed by atoms with E-state index in [1.54, 1.807) is 60.7 Å². The average molecular weight is 364 g/mol. The SMILES string of the molecule is CC(=O)Oc1ccc(C(=O)Nc2ccc(NC(=O)c3ccco3)cc2)cc1. The van der Waals surface area contributed by atoms with Crippen molar-refractivity contribution in [3.05, 3.63) is 78.3 Å². The summed E-state index contributed by atoms with van der Waals surface area (Å²) in [5.41, 5.74) is 1.56. The van der Waals surface area contributed by atoms with Gasteiger partial charge in [-0.3, -0.25) is 14.4 Å². The van der Waals surface area contributed by atoms with Gasteiger partial charge in [0.15, 0.2) is 5.76 Å². The summed E-state index contributed by atoms with van der Waals surface area (Å²) in [5.74, 6) is -0.506. The maximum absolute atomic E-state index is 12.3. The van der Waals surface area contributed by atoms with Crippen molar-refractivity contribution in [2.75, 3.05) is 10.6 Å². The molecule has 2 aromatic carbocycles. The molecule has 3 aromatic rings. The number of benzene rings is 2. The monoisotopic (exact) mass is 364 g/mol. The molecule has 2 N–H and O–H groups in total. The molecule has 1 heterocycles. The fourth-order valence-electron chi connectivity index (χ4n) is 2.28. The third-order valence-electron chi connectivity index (χ3n) is 3.52. The molecule has 0 radical (unpaired) electrons. The summed E-state index contributed by atoms with van der Waals surface area (Å²) in [5, 5.41) is 5.44. The Hall–Kier alpha value is -3.87. The molecule has 7 heteroatoms. The first-order chi connectivity index (χ1) is 13.0. The predicted molar refractivity (Wildman–Crippen MR) is 98.8 cm³/mol. The van der Waals surface area contributed by atoms with Gasteiger partial charge >= 0.3 is 5.97 Å². The quantitative estimate of drug-likeness (QED) is 0.531. The van der Waals surface area contributed by atoms with Crippen LogP contribution in [0.3, 0.4) is 0 Å². The van der Waals surface area contributed by atoms with Gasteiger partial charge in [-0.2, -0.15) is 0 Å². The van der Waals surface area contributed by atoms with Crippen LogP contribution in [0, 0.1) is 0 Å². The number of hydrogen-bond acceptors (Lipinski definition) is 5.